The van der Waals surface area contributed by atoms with E-state index in [2.05, 4.69) is 9.71 Å². The van der Waals surface area contributed by atoms with Gasteiger partial charge in [0.15, 0.2) is 0 Å². The molecule has 0 bridgehead atoms. The van der Waals surface area contributed by atoms with Crippen molar-refractivity contribution in [3.8, 4) is 11.5 Å². The normalized spacial score (nSPS) is 10.9. The van der Waals surface area contributed by atoms with Gasteiger partial charge in [-0.05, 0) is 24.6 Å². The molecule has 0 aliphatic heterocycles. The first-order valence-electron chi connectivity index (χ1n) is 7.78. The highest BCUT2D eigenvalue weighted by Crippen LogP contribution is 2.29. The van der Waals surface area contributed by atoms with E-state index < -0.39 is 16.0 Å². The molecule has 1 aromatic carbocycles. The van der Waals surface area contributed by atoms with Crippen LogP contribution in [0.2, 0.25) is 0 Å². The van der Waals surface area contributed by atoms with E-state index >= 15 is 0 Å². The molecule has 9 heteroatoms. The molecule has 0 radical (unpaired) electrons. The molecule has 1 aromatic heterocycles. The van der Waals surface area contributed by atoms with Crippen LogP contribution in [0, 0.1) is 0 Å². The van der Waals surface area contributed by atoms with Crippen LogP contribution < -0.4 is 14.2 Å². The number of methoxy groups -OCH3 is 2. The molecule has 2 rings (SSSR count). The first-order chi connectivity index (χ1) is 12.4. The number of hydrogen-bond donors (Lipinski definition) is 1. The van der Waals surface area contributed by atoms with Crippen LogP contribution in [-0.2, 0) is 14.8 Å². The second-order valence-electron chi connectivity index (χ2n) is 5.22. The topological polar surface area (TPSA) is 104 Å². The standard InChI is InChI=1S/C17H20N2O6S/c1-4-7-25-17(20)12-8-13(11-18-10-12)19-26(21,22)16-9-14(23-2)5-6-15(16)24-3/h5-6,8-11,19H,4,7H2,1-3H3. The van der Waals surface area contributed by atoms with E-state index in [4.69, 9.17) is 14.2 Å². The van der Waals surface area contributed by atoms with E-state index in [0.717, 1.165) is 0 Å². The Hall–Kier alpha value is -2.81. The molecule has 0 aliphatic carbocycles. The largest absolute Gasteiger partial charge is 0.497 e. The van der Waals surface area contributed by atoms with Crippen LogP contribution in [0.3, 0.4) is 0 Å². The second kappa shape index (κ2) is 8.52. The van der Waals surface area contributed by atoms with Crippen LogP contribution in [0.15, 0.2) is 41.6 Å². The minimum atomic E-state index is -4.00. The molecule has 140 valence electrons. The van der Waals surface area contributed by atoms with E-state index in [1.807, 2.05) is 6.92 Å². The van der Waals surface area contributed by atoms with Crippen LogP contribution in [0.5, 0.6) is 11.5 Å². The average molecular weight is 380 g/mol. The SMILES string of the molecule is CCCOC(=O)c1cncc(NS(=O)(=O)c2cc(OC)ccc2OC)c1. The van der Waals surface area contributed by atoms with Crippen molar-refractivity contribution in [3.63, 3.8) is 0 Å². The number of aromatic nitrogens is 1. The molecule has 0 spiro atoms. The summed E-state index contributed by atoms with van der Waals surface area (Å²) in [6.07, 6.45) is 3.28. The molecule has 0 unspecified atom stereocenters. The molecule has 1 heterocycles. The van der Waals surface area contributed by atoms with Gasteiger partial charge in [0.25, 0.3) is 10.0 Å². The third kappa shape index (κ3) is 4.63. The van der Waals surface area contributed by atoms with E-state index in [1.165, 1.54) is 44.8 Å². The van der Waals surface area contributed by atoms with Gasteiger partial charge in [0.2, 0.25) is 0 Å². The fraction of sp³-hybridized carbons (Fsp3) is 0.294. The van der Waals surface area contributed by atoms with Crippen LogP contribution in [0.1, 0.15) is 23.7 Å². The third-order valence-electron chi connectivity index (χ3n) is 3.32. The molecule has 0 fully saturated rings. The number of anilines is 1. The monoisotopic (exact) mass is 380 g/mol. The van der Waals surface area contributed by atoms with Gasteiger partial charge in [-0.15, -0.1) is 0 Å². The molecule has 26 heavy (non-hydrogen) atoms. The van der Waals surface area contributed by atoms with Gasteiger partial charge in [-0.25, -0.2) is 13.2 Å². The summed E-state index contributed by atoms with van der Waals surface area (Å²) >= 11 is 0. The van der Waals surface area contributed by atoms with Gasteiger partial charge in [0, 0.05) is 12.3 Å². The number of esters is 1. The fourth-order valence-corrected chi connectivity index (χ4v) is 3.31. The molecule has 0 aliphatic rings. The minimum absolute atomic E-state index is 0.0988. The molecular formula is C17H20N2O6S. The highest BCUT2D eigenvalue weighted by molar-refractivity contribution is 7.92. The molecule has 0 atom stereocenters. The van der Waals surface area contributed by atoms with Crippen molar-refractivity contribution in [3.05, 3.63) is 42.2 Å². The van der Waals surface area contributed by atoms with Crippen LogP contribution >= 0.6 is 0 Å². The number of benzene rings is 1. The quantitative estimate of drug-likeness (QED) is 0.702. The van der Waals surface area contributed by atoms with Crippen molar-refractivity contribution in [2.45, 2.75) is 18.2 Å². The number of sulfonamides is 1. The van der Waals surface area contributed by atoms with E-state index in [9.17, 15) is 13.2 Å². The van der Waals surface area contributed by atoms with E-state index in [-0.39, 0.29) is 28.5 Å². The van der Waals surface area contributed by atoms with E-state index in [1.54, 1.807) is 6.07 Å². The van der Waals surface area contributed by atoms with Gasteiger partial charge in [0.05, 0.1) is 38.3 Å². The number of ether oxygens (including phenoxy) is 3. The Bertz CT molecular complexity index is 883. The van der Waals surface area contributed by atoms with Crippen molar-refractivity contribution < 1.29 is 27.4 Å². The Morgan fingerprint density at radius 1 is 1.15 bits per heavy atom. The Morgan fingerprint density at radius 2 is 1.92 bits per heavy atom. The van der Waals surface area contributed by atoms with Gasteiger partial charge in [-0.2, -0.15) is 0 Å². The average Bonchev–Trinajstić information content (AvgIpc) is 2.65. The second-order valence-corrected chi connectivity index (χ2v) is 6.87. The number of nitrogens with one attached hydrogen (secondary N) is 1. The summed E-state index contributed by atoms with van der Waals surface area (Å²) in [5, 5.41) is 0. The Kier molecular flexibility index (Phi) is 6.40. The highest BCUT2D eigenvalue weighted by atomic mass is 32.2. The number of carbonyl (C=O) groups excluding carboxylic acids is 1. The third-order valence-corrected chi connectivity index (χ3v) is 4.73. The molecule has 0 amide bonds. The first-order valence-corrected chi connectivity index (χ1v) is 9.26. The fourth-order valence-electron chi connectivity index (χ4n) is 2.09. The number of pyridine rings is 1. The van der Waals surface area contributed by atoms with Gasteiger partial charge >= 0.3 is 5.97 Å². The van der Waals surface area contributed by atoms with Gasteiger partial charge in [-0.1, -0.05) is 6.92 Å². The summed E-state index contributed by atoms with van der Waals surface area (Å²) in [4.78, 5) is 15.7. The lowest BCUT2D eigenvalue weighted by Crippen LogP contribution is -2.15. The summed E-state index contributed by atoms with van der Waals surface area (Å²) in [7, 11) is -1.20. The number of rotatable bonds is 8. The zero-order valence-electron chi connectivity index (χ0n) is 14.7. The molecule has 0 saturated carbocycles. The van der Waals surface area contributed by atoms with Crippen LogP contribution in [-0.4, -0.2) is 40.2 Å². The van der Waals surface area contributed by atoms with E-state index in [0.29, 0.717) is 12.2 Å². The first kappa shape index (κ1) is 19.5. The smallest absolute Gasteiger partial charge is 0.339 e. The number of nitrogens with zero attached hydrogens (tertiary/aromatic N) is 1. The van der Waals surface area contributed by atoms with Gasteiger partial charge in [0.1, 0.15) is 16.4 Å². The molecule has 0 saturated heterocycles. The summed E-state index contributed by atoms with van der Waals surface area (Å²) < 4.78 is 43.0. The maximum Gasteiger partial charge on any atom is 0.339 e. The molecule has 2 aromatic rings. The summed E-state index contributed by atoms with van der Waals surface area (Å²) in [6, 6.07) is 5.77. The predicted molar refractivity (Wildman–Crippen MR) is 95.2 cm³/mol. The highest BCUT2D eigenvalue weighted by Gasteiger charge is 2.21. The Balaban J connectivity index is 2.31. The maximum absolute atomic E-state index is 12.7. The van der Waals surface area contributed by atoms with Crippen molar-refractivity contribution in [2.75, 3.05) is 25.5 Å². The lowest BCUT2D eigenvalue weighted by atomic mass is 10.3. The van der Waals surface area contributed by atoms with Crippen molar-refractivity contribution in [1.82, 2.24) is 4.98 Å². The van der Waals surface area contributed by atoms with Gasteiger partial charge < -0.3 is 14.2 Å². The van der Waals surface area contributed by atoms with Gasteiger partial charge in [-0.3, -0.25) is 9.71 Å². The maximum atomic E-state index is 12.7. The summed E-state index contributed by atoms with van der Waals surface area (Å²) in [5.74, 6) is -0.0506. The zero-order chi connectivity index (χ0) is 19.2. The van der Waals surface area contributed by atoms with Crippen molar-refractivity contribution >= 4 is 21.7 Å². The lowest BCUT2D eigenvalue weighted by molar-refractivity contribution is 0.0504. The Labute approximate surface area is 152 Å². The van der Waals surface area contributed by atoms with Crippen molar-refractivity contribution in [2.24, 2.45) is 0 Å². The number of hydrogen-bond acceptors (Lipinski definition) is 7. The van der Waals surface area contributed by atoms with Crippen molar-refractivity contribution in [1.29, 1.82) is 0 Å². The molecular weight excluding hydrogens is 360 g/mol. The number of carbonyl (C=O) groups is 1. The predicted octanol–water partition coefficient (Wildman–Crippen LogP) is 2.47. The summed E-state index contributed by atoms with van der Waals surface area (Å²) in [5.41, 5.74) is 0.275. The zero-order valence-corrected chi connectivity index (χ0v) is 15.5. The molecule has 1 N–H and O–H groups in total. The Morgan fingerprint density at radius 3 is 2.58 bits per heavy atom. The minimum Gasteiger partial charge on any atom is -0.497 e. The molecule has 8 nitrogen and oxygen atoms in total. The van der Waals surface area contributed by atoms with Crippen LogP contribution in [0.25, 0.3) is 0 Å². The van der Waals surface area contributed by atoms with Crippen LogP contribution in [0.4, 0.5) is 5.69 Å². The lowest BCUT2D eigenvalue weighted by Gasteiger charge is -2.13. The summed E-state index contributed by atoms with van der Waals surface area (Å²) in [6.45, 7) is 2.15.